The molecule has 10 heteroatoms. The quantitative estimate of drug-likeness (QED) is 0.236. The van der Waals surface area contributed by atoms with E-state index in [4.69, 9.17) is 19.9 Å². The van der Waals surface area contributed by atoms with E-state index in [-0.39, 0.29) is 13.2 Å². The van der Waals surface area contributed by atoms with Crippen LogP contribution in [0.5, 0.6) is 0 Å². The molecule has 0 aliphatic carbocycles. The molecule has 0 aliphatic rings. The molecular formula is C16H32N4O6. The largest absolute Gasteiger partial charge is 0.462 e. The Morgan fingerprint density at radius 3 is 2.15 bits per heavy atom. The summed E-state index contributed by atoms with van der Waals surface area (Å²) in [5, 5.41) is 7.72. The van der Waals surface area contributed by atoms with Gasteiger partial charge in [-0.05, 0) is 19.8 Å². The highest BCUT2D eigenvalue weighted by Gasteiger charge is 2.16. The van der Waals surface area contributed by atoms with Gasteiger partial charge in [0.15, 0.2) is 0 Å². The first-order valence-electron chi connectivity index (χ1n) is 8.78. The van der Waals surface area contributed by atoms with Gasteiger partial charge in [0.1, 0.15) is 12.6 Å². The molecule has 0 aliphatic heterocycles. The minimum absolute atomic E-state index is 0.126. The predicted molar refractivity (Wildman–Crippen MR) is 95.7 cm³/mol. The second kappa shape index (κ2) is 16.4. The summed E-state index contributed by atoms with van der Waals surface area (Å²) in [5.74, 6) is -0.516. The Labute approximate surface area is 154 Å². The highest BCUT2D eigenvalue weighted by atomic mass is 16.6. The third-order valence-electron chi connectivity index (χ3n) is 3.29. The van der Waals surface area contributed by atoms with Crippen molar-refractivity contribution in [3.63, 3.8) is 0 Å². The zero-order chi connectivity index (χ0) is 19.6. The number of carbonyl (C=O) groups is 3. The molecule has 0 radical (unpaired) electrons. The molecule has 152 valence electrons. The maximum Gasteiger partial charge on any atom is 0.328 e. The summed E-state index contributed by atoms with van der Waals surface area (Å²) in [7, 11) is 1.58. The van der Waals surface area contributed by atoms with Crippen LogP contribution in [-0.4, -0.2) is 70.7 Å². The molecule has 0 spiro atoms. The third kappa shape index (κ3) is 15.5. The van der Waals surface area contributed by atoms with Crippen LogP contribution in [0.25, 0.3) is 0 Å². The minimum atomic E-state index is -0.742. The first-order valence-corrected chi connectivity index (χ1v) is 8.78. The highest BCUT2D eigenvalue weighted by Crippen LogP contribution is 1.97. The molecule has 0 bridgehead atoms. The van der Waals surface area contributed by atoms with Crippen LogP contribution in [0.1, 0.15) is 32.6 Å². The normalized spacial score (nSPS) is 11.5. The fourth-order valence-electron chi connectivity index (χ4n) is 1.89. The van der Waals surface area contributed by atoms with E-state index in [1.165, 1.54) is 0 Å². The zero-order valence-corrected chi connectivity index (χ0v) is 15.7. The van der Waals surface area contributed by atoms with Crippen LogP contribution in [0.4, 0.5) is 9.59 Å². The lowest BCUT2D eigenvalue weighted by Gasteiger charge is -2.14. The second-order valence-corrected chi connectivity index (χ2v) is 5.60. The third-order valence-corrected chi connectivity index (χ3v) is 3.29. The number of hydrogen-bond acceptors (Lipinski definition) is 6. The van der Waals surface area contributed by atoms with Crippen LogP contribution < -0.4 is 21.7 Å². The van der Waals surface area contributed by atoms with E-state index in [1.54, 1.807) is 14.0 Å². The van der Waals surface area contributed by atoms with E-state index in [1.807, 2.05) is 0 Å². The number of methoxy groups -OCH3 is 1. The summed E-state index contributed by atoms with van der Waals surface area (Å²) in [5.41, 5.74) is 4.95. The number of urea groups is 2. The number of ether oxygens (including phenoxy) is 3. The van der Waals surface area contributed by atoms with Crippen molar-refractivity contribution in [2.24, 2.45) is 5.73 Å². The topological polar surface area (TPSA) is 141 Å². The molecule has 5 N–H and O–H groups in total. The molecule has 0 aromatic carbocycles. The van der Waals surface area contributed by atoms with Gasteiger partial charge in [0.25, 0.3) is 0 Å². The van der Waals surface area contributed by atoms with Gasteiger partial charge in [0, 0.05) is 20.2 Å². The molecular weight excluding hydrogens is 344 g/mol. The Bertz CT molecular complexity index is 408. The number of unbranched alkanes of at least 4 members (excludes halogenated alkanes) is 3. The molecule has 0 heterocycles. The van der Waals surface area contributed by atoms with Crippen molar-refractivity contribution in [3.8, 4) is 0 Å². The fourth-order valence-corrected chi connectivity index (χ4v) is 1.89. The average molecular weight is 376 g/mol. The average Bonchev–Trinajstić information content (AvgIpc) is 2.59. The van der Waals surface area contributed by atoms with Crippen molar-refractivity contribution in [2.75, 3.05) is 46.6 Å². The van der Waals surface area contributed by atoms with Gasteiger partial charge in [-0.3, -0.25) is 0 Å². The van der Waals surface area contributed by atoms with Gasteiger partial charge in [-0.1, -0.05) is 12.8 Å². The molecule has 0 fully saturated rings. The van der Waals surface area contributed by atoms with Crippen LogP contribution in [0.2, 0.25) is 0 Å². The van der Waals surface area contributed by atoms with Crippen LogP contribution in [0, 0.1) is 0 Å². The molecule has 0 rings (SSSR count). The smallest absolute Gasteiger partial charge is 0.328 e. The summed E-state index contributed by atoms with van der Waals surface area (Å²) in [6.45, 7) is 3.94. The first kappa shape index (κ1) is 23.9. The van der Waals surface area contributed by atoms with Gasteiger partial charge >= 0.3 is 18.0 Å². The van der Waals surface area contributed by atoms with Gasteiger partial charge < -0.3 is 35.9 Å². The van der Waals surface area contributed by atoms with Gasteiger partial charge in [0.2, 0.25) is 0 Å². The van der Waals surface area contributed by atoms with Gasteiger partial charge in [-0.25, -0.2) is 14.4 Å². The number of nitrogens with one attached hydrogen (secondary N) is 3. The molecule has 1 unspecified atom stereocenters. The van der Waals surface area contributed by atoms with E-state index < -0.39 is 24.1 Å². The summed E-state index contributed by atoms with van der Waals surface area (Å²) in [6, 6.07) is -1.68. The first-order chi connectivity index (χ1) is 12.5. The zero-order valence-electron chi connectivity index (χ0n) is 15.7. The number of rotatable bonds is 15. The molecule has 0 saturated heterocycles. The maximum atomic E-state index is 11.7. The van der Waals surface area contributed by atoms with Crippen molar-refractivity contribution in [2.45, 2.75) is 38.6 Å². The second-order valence-electron chi connectivity index (χ2n) is 5.60. The SMILES string of the molecule is COCCOCCOC(=O)C(C)NC(=O)NCCCCCCNC(N)=O. The van der Waals surface area contributed by atoms with Crippen molar-refractivity contribution in [3.05, 3.63) is 0 Å². The van der Waals surface area contributed by atoms with Gasteiger partial charge in [-0.2, -0.15) is 0 Å². The standard InChI is InChI=1S/C16H32N4O6/c1-13(14(21)26-12-11-25-10-9-24-2)20-16(23)19-8-6-4-3-5-7-18-15(17)22/h13H,3-12H2,1-2H3,(H3,17,18,22)(H2,19,20,23). The minimum Gasteiger partial charge on any atom is -0.462 e. The molecule has 4 amide bonds. The van der Waals surface area contributed by atoms with E-state index >= 15 is 0 Å². The summed E-state index contributed by atoms with van der Waals surface area (Å²) in [6.07, 6.45) is 3.50. The molecule has 10 nitrogen and oxygen atoms in total. The van der Waals surface area contributed by atoms with Crippen LogP contribution >= 0.6 is 0 Å². The maximum absolute atomic E-state index is 11.7. The number of hydrogen-bond donors (Lipinski definition) is 4. The lowest BCUT2D eigenvalue weighted by Crippen LogP contribution is -2.45. The van der Waals surface area contributed by atoms with E-state index in [9.17, 15) is 14.4 Å². The van der Waals surface area contributed by atoms with Crippen molar-refractivity contribution >= 4 is 18.0 Å². The summed E-state index contributed by atoms with van der Waals surface area (Å²) in [4.78, 5) is 33.9. The number of esters is 1. The van der Waals surface area contributed by atoms with E-state index in [0.717, 1.165) is 25.7 Å². The number of amides is 4. The Morgan fingerprint density at radius 1 is 0.923 bits per heavy atom. The lowest BCUT2D eigenvalue weighted by atomic mass is 10.2. The number of carbonyl (C=O) groups excluding carboxylic acids is 3. The van der Waals surface area contributed by atoms with Crippen molar-refractivity contribution in [1.82, 2.24) is 16.0 Å². The molecule has 0 aromatic rings. The van der Waals surface area contributed by atoms with Crippen molar-refractivity contribution < 1.29 is 28.6 Å². The van der Waals surface area contributed by atoms with Crippen LogP contribution in [0.3, 0.4) is 0 Å². The van der Waals surface area contributed by atoms with Crippen molar-refractivity contribution in [1.29, 1.82) is 0 Å². The van der Waals surface area contributed by atoms with Gasteiger partial charge in [0.05, 0.1) is 19.8 Å². The fraction of sp³-hybridized carbons (Fsp3) is 0.812. The number of primary amides is 1. The molecule has 26 heavy (non-hydrogen) atoms. The van der Waals surface area contributed by atoms with Gasteiger partial charge in [-0.15, -0.1) is 0 Å². The van der Waals surface area contributed by atoms with E-state index in [2.05, 4.69) is 16.0 Å². The molecule has 1 atom stereocenters. The molecule has 0 saturated carbocycles. The van der Waals surface area contributed by atoms with E-state index in [0.29, 0.717) is 26.3 Å². The summed E-state index contributed by atoms with van der Waals surface area (Å²) >= 11 is 0. The molecule has 0 aromatic heterocycles. The Balaban J connectivity index is 3.56. The van der Waals surface area contributed by atoms with Crippen LogP contribution in [0.15, 0.2) is 0 Å². The highest BCUT2D eigenvalue weighted by molar-refractivity contribution is 5.83. The Hall–Kier alpha value is -2.07. The Morgan fingerprint density at radius 2 is 1.54 bits per heavy atom. The summed E-state index contributed by atoms with van der Waals surface area (Å²) < 4.78 is 15.0. The number of nitrogens with two attached hydrogens (primary N) is 1. The monoisotopic (exact) mass is 376 g/mol. The lowest BCUT2D eigenvalue weighted by molar-refractivity contribution is -0.147. The predicted octanol–water partition coefficient (Wildman–Crippen LogP) is 0.109. The Kier molecular flexibility index (Phi) is 15.1. The van der Waals surface area contributed by atoms with Crippen LogP contribution in [-0.2, 0) is 19.0 Å².